The van der Waals surface area contributed by atoms with Gasteiger partial charge in [-0.25, -0.2) is 0 Å². The van der Waals surface area contributed by atoms with Crippen molar-refractivity contribution in [1.29, 1.82) is 0 Å². The molecule has 0 unspecified atom stereocenters. The Bertz CT molecular complexity index is 2250. The van der Waals surface area contributed by atoms with E-state index >= 15 is 0 Å². The first-order valence-electron chi connectivity index (χ1n) is 13.5. The second kappa shape index (κ2) is 8.81. The van der Waals surface area contributed by atoms with Gasteiger partial charge in [-0.15, -0.1) is 0 Å². The van der Waals surface area contributed by atoms with Crippen LogP contribution in [0.1, 0.15) is 0 Å². The Morgan fingerprint density at radius 1 is 0.476 bits per heavy atom. The molecule has 0 aliphatic heterocycles. The van der Waals surface area contributed by atoms with Gasteiger partial charge in [-0.2, -0.15) is 0 Å². The standard InChI is InChI=1S/C36H20N2O4/c39-21-13-9-19(10-14-21)17-25-33-29(23-5-1-3-7-27(23)37-33)31(35(25)41)32-30-24-6-2-4-8-28(24)38-34(30)26(36(32)42)18-20-11-15-22(40)16-12-20/h1-18,37-38H. The van der Waals surface area contributed by atoms with E-state index in [1.807, 2.05) is 48.5 Å². The third-order valence-electron chi connectivity index (χ3n) is 8.03. The van der Waals surface area contributed by atoms with Gasteiger partial charge in [0.2, 0.25) is 0 Å². The van der Waals surface area contributed by atoms with Crippen molar-refractivity contribution in [2.24, 2.45) is 0 Å². The van der Waals surface area contributed by atoms with Gasteiger partial charge in [0.25, 0.3) is 0 Å². The molecule has 2 aromatic heterocycles. The van der Waals surface area contributed by atoms with E-state index in [0.29, 0.717) is 54.6 Å². The minimum atomic E-state index is -0.259. The number of fused-ring (bicyclic) bond motifs is 6. The molecule has 6 nitrogen and oxygen atoms in total. The van der Waals surface area contributed by atoms with Gasteiger partial charge < -0.3 is 9.97 Å². The highest BCUT2D eigenvalue weighted by atomic mass is 16.1. The largest absolute Gasteiger partial charge is 0.354 e. The summed E-state index contributed by atoms with van der Waals surface area (Å²) in [6, 6.07) is 15.5. The van der Waals surface area contributed by atoms with Gasteiger partial charge in [-0.3, -0.25) is 19.2 Å². The van der Waals surface area contributed by atoms with Crippen molar-refractivity contribution in [2.75, 3.05) is 0 Å². The number of aromatic amines is 2. The molecule has 0 radical (unpaired) electrons. The van der Waals surface area contributed by atoms with Crippen molar-refractivity contribution >= 4 is 67.2 Å². The van der Waals surface area contributed by atoms with E-state index < -0.39 is 0 Å². The first-order valence-corrected chi connectivity index (χ1v) is 13.5. The SMILES string of the molecule is O=C1C=CC(=CC2=c3[nH]c4ccccc4c3=C(C3=c4c([nH]c5ccccc45)=C(C=C4C=CC(=O)C=C4)C3=O)C2=O)C=C1. The quantitative estimate of drug-likeness (QED) is 0.414. The van der Waals surface area contributed by atoms with Gasteiger partial charge in [0.15, 0.2) is 23.1 Å². The molecule has 6 heteroatoms. The molecule has 198 valence electrons. The van der Waals surface area contributed by atoms with Crippen molar-refractivity contribution in [3.63, 3.8) is 0 Å². The fourth-order valence-electron chi connectivity index (χ4n) is 6.14. The van der Waals surface area contributed by atoms with Gasteiger partial charge in [0, 0.05) is 54.5 Å². The molecule has 0 bridgehead atoms. The number of ketones is 4. The Morgan fingerprint density at radius 3 is 1.26 bits per heavy atom. The lowest BCUT2D eigenvalue weighted by Crippen LogP contribution is -2.26. The minimum absolute atomic E-state index is 0.114. The van der Waals surface area contributed by atoms with Crippen molar-refractivity contribution in [1.82, 2.24) is 9.97 Å². The molecule has 4 aliphatic carbocycles. The van der Waals surface area contributed by atoms with E-state index in [2.05, 4.69) is 9.97 Å². The molecule has 0 saturated heterocycles. The normalized spacial score (nSPS) is 17.5. The van der Waals surface area contributed by atoms with E-state index in [1.165, 1.54) is 24.3 Å². The molecular weight excluding hydrogens is 524 g/mol. The zero-order chi connectivity index (χ0) is 28.5. The molecule has 0 spiro atoms. The number of aromatic nitrogens is 2. The number of benzene rings is 2. The summed E-state index contributed by atoms with van der Waals surface area (Å²) in [6.07, 6.45) is 16.1. The lowest BCUT2D eigenvalue weighted by atomic mass is 9.92. The van der Waals surface area contributed by atoms with Gasteiger partial charge >= 0.3 is 0 Å². The predicted molar refractivity (Wildman–Crippen MR) is 161 cm³/mol. The van der Waals surface area contributed by atoms with Crippen LogP contribution in [0.3, 0.4) is 0 Å². The number of para-hydroxylation sites is 2. The van der Waals surface area contributed by atoms with Crippen LogP contribution in [0.5, 0.6) is 0 Å². The maximum atomic E-state index is 14.4. The lowest BCUT2D eigenvalue weighted by molar-refractivity contribution is -0.111. The van der Waals surface area contributed by atoms with E-state index in [4.69, 9.17) is 0 Å². The highest BCUT2D eigenvalue weighted by Crippen LogP contribution is 2.29. The number of rotatable bonds is 3. The summed E-state index contributed by atoms with van der Waals surface area (Å²) in [5.41, 5.74) is 4.69. The molecule has 8 rings (SSSR count). The summed E-state index contributed by atoms with van der Waals surface area (Å²) >= 11 is 0. The lowest BCUT2D eigenvalue weighted by Gasteiger charge is -2.08. The van der Waals surface area contributed by atoms with Gasteiger partial charge in [-0.1, -0.05) is 60.7 Å². The van der Waals surface area contributed by atoms with Crippen LogP contribution in [0.4, 0.5) is 0 Å². The molecule has 2 aromatic carbocycles. The highest BCUT2D eigenvalue weighted by Gasteiger charge is 2.36. The third-order valence-corrected chi connectivity index (χ3v) is 8.03. The van der Waals surface area contributed by atoms with Gasteiger partial charge in [-0.05, 0) is 59.7 Å². The van der Waals surface area contributed by atoms with Crippen molar-refractivity contribution in [3.05, 3.63) is 142 Å². The third kappa shape index (κ3) is 3.45. The van der Waals surface area contributed by atoms with Crippen LogP contribution >= 0.6 is 0 Å². The molecule has 42 heavy (non-hydrogen) atoms. The van der Waals surface area contributed by atoms with E-state index in [9.17, 15) is 19.2 Å². The Balaban J connectivity index is 1.48. The van der Waals surface area contributed by atoms with Crippen LogP contribution in [-0.2, 0) is 19.2 Å². The summed E-state index contributed by atoms with van der Waals surface area (Å²) in [7, 11) is 0. The minimum Gasteiger partial charge on any atom is -0.354 e. The van der Waals surface area contributed by atoms with Crippen molar-refractivity contribution in [2.45, 2.75) is 0 Å². The van der Waals surface area contributed by atoms with Gasteiger partial charge in [0.1, 0.15) is 0 Å². The first kappa shape index (κ1) is 24.0. The van der Waals surface area contributed by atoms with Crippen LogP contribution < -0.4 is 21.1 Å². The molecule has 2 heterocycles. The number of nitrogens with one attached hydrogen (secondary N) is 2. The molecule has 0 fully saturated rings. The Morgan fingerprint density at radius 2 is 0.857 bits per heavy atom. The molecule has 4 aliphatic rings. The molecule has 0 atom stereocenters. The van der Waals surface area contributed by atoms with Crippen LogP contribution in [0.2, 0.25) is 0 Å². The topological polar surface area (TPSA) is 99.9 Å². The Hall–Kier alpha value is -5.88. The second-order valence-corrected chi connectivity index (χ2v) is 10.5. The smallest absolute Gasteiger partial charge is 0.196 e. The predicted octanol–water partition coefficient (Wildman–Crippen LogP) is 2.36. The second-order valence-electron chi connectivity index (χ2n) is 10.5. The average Bonchev–Trinajstić information content (AvgIpc) is 3.70. The van der Waals surface area contributed by atoms with Crippen molar-refractivity contribution < 1.29 is 19.2 Å². The van der Waals surface area contributed by atoms with E-state index in [0.717, 1.165) is 21.8 Å². The fraction of sp³-hybridized carbons (Fsp3) is 0. The van der Waals surface area contributed by atoms with Crippen molar-refractivity contribution in [3.8, 4) is 0 Å². The average molecular weight is 545 g/mol. The molecule has 0 amide bonds. The zero-order valence-corrected chi connectivity index (χ0v) is 22.0. The Kier molecular flexibility index (Phi) is 5.03. The molecule has 0 saturated carbocycles. The maximum absolute atomic E-state index is 14.4. The van der Waals surface area contributed by atoms with Crippen LogP contribution in [-0.4, -0.2) is 33.1 Å². The number of carbonyl (C=O) groups is 4. The van der Waals surface area contributed by atoms with Crippen LogP contribution in [0.15, 0.2) is 120 Å². The summed E-state index contributed by atoms with van der Waals surface area (Å²) < 4.78 is 0. The number of Topliss-reactive ketones (excluding diaryl/α,β-unsaturated/α-hetero) is 2. The van der Waals surface area contributed by atoms with E-state index in [-0.39, 0.29) is 23.1 Å². The summed E-state index contributed by atoms with van der Waals surface area (Å²) in [6.45, 7) is 0. The molecule has 4 aromatic rings. The summed E-state index contributed by atoms with van der Waals surface area (Å²) in [5, 5.41) is 4.37. The number of hydrogen-bond donors (Lipinski definition) is 2. The molecule has 2 N–H and O–H groups in total. The van der Waals surface area contributed by atoms with Gasteiger partial charge in [0.05, 0.1) is 10.7 Å². The number of hydrogen-bond acceptors (Lipinski definition) is 4. The van der Waals surface area contributed by atoms with E-state index in [1.54, 1.807) is 36.5 Å². The monoisotopic (exact) mass is 544 g/mol. The van der Waals surface area contributed by atoms with Crippen LogP contribution in [0, 0.1) is 0 Å². The number of carbonyl (C=O) groups excluding carboxylic acids is 4. The van der Waals surface area contributed by atoms with Crippen LogP contribution in [0.25, 0.3) is 44.1 Å². The summed E-state index contributed by atoms with van der Waals surface area (Å²) in [5.74, 6) is -0.747. The fourth-order valence-corrected chi connectivity index (χ4v) is 6.14. The maximum Gasteiger partial charge on any atom is 0.196 e. The summed E-state index contributed by atoms with van der Waals surface area (Å²) in [4.78, 5) is 59.1. The molecular formula is C36H20N2O4. The first-order chi connectivity index (χ1) is 20.5. The highest BCUT2D eigenvalue weighted by molar-refractivity contribution is 6.60. The zero-order valence-electron chi connectivity index (χ0n) is 22.0. The number of allylic oxidation sites excluding steroid dienone is 12. The number of H-pyrrole nitrogens is 2. The Labute approximate surface area is 237 Å².